The summed E-state index contributed by atoms with van der Waals surface area (Å²) in [7, 11) is 0. The van der Waals surface area contributed by atoms with Gasteiger partial charge in [0, 0.05) is 57.0 Å². The number of hydrogen-bond acceptors (Lipinski definition) is 8. The second-order valence-electron chi connectivity index (χ2n) is 17.1. The van der Waals surface area contributed by atoms with Gasteiger partial charge in [0.15, 0.2) is 0 Å². The fourth-order valence-electron chi connectivity index (χ4n) is 8.57. The second-order valence-corrected chi connectivity index (χ2v) is 18.2. The molecule has 0 radical (unpaired) electrons. The molecule has 10 aromatic heterocycles. The minimum Gasteiger partial charge on any atom is -0.331 e. The normalized spacial score (nSPS) is 12.1. The fraction of sp³-hybridized carbons (Fsp3) is 0.148. The summed E-state index contributed by atoms with van der Waals surface area (Å²) >= 11 is 6.89. The Kier molecular flexibility index (Phi) is 13.0. The highest BCUT2D eigenvalue weighted by molar-refractivity contribution is 9.08. The van der Waals surface area contributed by atoms with Crippen molar-refractivity contribution in [3.63, 3.8) is 0 Å². The van der Waals surface area contributed by atoms with E-state index in [0.717, 1.165) is 126 Å². The van der Waals surface area contributed by atoms with Crippen LogP contribution in [0.3, 0.4) is 0 Å². The molecular weight excluding hydrogens is 1000 g/mol. The second kappa shape index (κ2) is 20.4. The summed E-state index contributed by atoms with van der Waals surface area (Å²) in [6.45, 7) is 4.36. The molecule has 13 rings (SSSR count). The summed E-state index contributed by atoms with van der Waals surface area (Å²) in [6.07, 6.45) is 23.6. The van der Waals surface area contributed by atoms with Gasteiger partial charge in [-0.1, -0.05) is 92.5 Å². The van der Waals surface area contributed by atoms with Gasteiger partial charge in [-0.05, 0) is 48.5 Å². The summed E-state index contributed by atoms with van der Waals surface area (Å²) < 4.78 is 12.6. The van der Waals surface area contributed by atoms with Crippen LogP contribution in [0.4, 0.5) is 0 Å². The molecule has 70 heavy (non-hydrogen) atoms. The minimum absolute atomic E-state index is 0.703. The quantitative estimate of drug-likeness (QED) is 0.0917. The van der Waals surface area contributed by atoms with E-state index < -0.39 is 0 Å². The Morgan fingerprint density at radius 2 is 0.843 bits per heavy atom. The first-order valence-electron chi connectivity index (χ1n) is 22.9. The number of aromatic nitrogens is 14. The Balaban J connectivity index is 0.000000125. The van der Waals surface area contributed by atoms with E-state index in [0.29, 0.717) is 13.1 Å². The van der Waals surface area contributed by atoms with Gasteiger partial charge in [0.05, 0.1) is 93.4 Å². The van der Waals surface area contributed by atoms with Gasteiger partial charge < -0.3 is 9.13 Å². The number of hydrogen-bond donors (Lipinski definition) is 0. The highest BCUT2D eigenvalue weighted by atomic mass is 79.9. The molecule has 1 aliphatic rings. The molecule has 0 unspecified atom stereocenters. The van der Waals surface area contributed by atoms with Crippen LogP contribution in [0, 0.1) is 0 Å². The number of nitrogens with zero attached hydrogens (tertiary/aromatic N) is 14. The fourth-order valence-corrected chi connectivity index (χ4v) is 9.19. The van der Waals surface area contributed by atoms with Gasteiger partial charge >= 0.3 is 0 Å². The predicted molar refractivity (Wildman–Crippen MR) is 276 cm³/mol. The van der Waals surface area contributed by atoms with Gasteiger partial charge in [0.1, 0.15) is 51.0 Å². The topological polar surface area (TPSA) is 131 Å². The van der Waals surface area contributed by atoms with Crippen molar-refractivity contribution in [3.05, 3.63) is 230 Å². The van der Waals surface area contributed by atoms with Crippen molar-refractivity contribution in [2.75, 3.05) is 0 Å². The zero-order valence-electron chi connectivity index (χ0n) is 38.0. The number of imidazole rings is 4. The summed E-state index contributed by atoms with van der Waals surface area (Å²) in [6, 6.07) is 37.6. The third-order valence-electron chi connectivity index (χ3n) is 12.0. The van der Waals surface area contributed by atoms with Gasteiger partial charge in [0.25, 0.3) is 0 Å². The first kappa shape index (κ1) is 44.7. The Hall–Kier alpha value is -7.82. The average Bonchev–Trinajstić information content (AvgIpc) is 4.26. The number of fused-ring (bicyclic) bond motifs is 11. The van der Waals surface area contributed by atoms with E-state index in [1.54, 1.807) is 25.0 Å². The third kappa shape index (κ3) is 10.4. The zero-order valence-corrected chi connectivity index (χ0v) is 41.2. The lowest BCUT2D eigenvalue weighted by molar-refractivity contribution is -0.689. The van der Waals surface area contributed by atoms with Crippen LogP contribution < -0.4 is 9.13 Å². The Labute approximate surface area is 420 Å². The molecule has 0 aliphatic carbocycles. The number of alkyl halides is 2. The monoisotopic (exact) mass is 1050 g/mol. The first-order chi connectivity index (χ1) is 34.5. The highest BCUT2D eigenvalue weighted by Crippen LogP contribution is 2.25. The van der Waals surface area contributed by atoms with E-state index in [4.69, 9.17) is 15.0 Å². The molecule has 2 aromatic carbocycles. The predicted octanol–water partition coefficient (Wildman–Crippen LogP) is 9.01. The minimum atomic E-state index is 0.703. The van der Waals surface area contributed by atoms with Crippen LogP contribution >= 0.6 is 31.9 Å². The molecule has 0 amide bonds. The SMILES string of the molecule is BrCc1ccc2ccc3ccc(CBr)nc3c2n1.c1cc(Cn2ccnc2)nc(Cn2ccnc2)c1.c1cc2nc(c1)C[n+]1ccn(c1)Cc1ccc3ccc4ccc(nc4c3n1)Cn1cc[n+](c1)C2. The highest BCUT2D eigenvalue weighted by Gasteiger charge is 2.14. The Morgan fingerprint density at radius 3 is 1.29 bits per heavy atom. The van der Waals surface area contributed by atoms with E-state index in [1.165, 1.54) is 0 Å². The van der Waals surface area contributed by atoms with Crippen molar-refractivity contribution in [2.24, 2.45) is 0 Å². The lowest BCUT2D eigenvalue weighted by Crippen LogP contribution is -2.34. The molecule has 0 saturated carbocycles. The standard InChI is InChI=1S/C27H23N7.C14H10Br2N2.C13H13N5/c1-2-22-14-31-10-12-33(18-31)16-24-8-6-20-4-5-21-7-9-25(30-27(21)26(20)29-24)17-34-13-11-32(19-34)15-23(3-1)28-22;15-7-11-5-3-9-1-2-10-4-6-12(8-16)18-14(10)13(9)17-11;1-2-12(8-17-6-4-14-10-17)16-13(3-1)9-18-7-5-15-11-18/h1-13,18-19H,14-17H2;1-6H,7-8H2;1-7,10-11H,8-9H2/q+2;;. The smallest absolute Gasteiger partial charge is 0.244 e. The molecule has 1 aliphatic heterocycles. The molecule has 10 bridgehead atoms. The Morgan fingerprint density at radius 1 is 0.414 bits per heavy atom. The van der Waals surface area contributed by atoms with Gasteiger partial charge in [-0.25, -0.2) is 53.2 Å². The number of pyridine rings is 6. The largest absolute Gasteiger partial charge is 0.331 e. The van der Waals surface area contributed by atoms with Crippen molar-refractivity contribution in [2.45, 2.75) is 49.9 Å². The molecule has 0 spiro atoms. The van der Waals surface area contributed by atoms with Gasteiger partial charge in [-0.2, -0.15) is 0 Å². The van der Waals surface area contributed by atoms with Gasteiger partial charge in [0.2, 0.25) is 12.7 Å². The maximum Gasteiger partial charge on any atom is 0.244 e. The van der Waals surface area contributed by atoms with Crippen molar-refractivity contribution >= 4 is 75.5 Å². The van der Waals surface area contributed by atoms with E-state index in [-0.39, 0.29) is 0 Å². The molecule has 0 saturated heterocycles. The summed E-state index contributed by atoms with van der Waals surface area (Å²) in [5.74, 6) is 0. The summed E-state index contributed by atoms with van der Waals surface area (Å²) in [5, 5.41) is 6.00. The summed E-state index contributed by atoms with van der Waals surface area (Å²) in [5.41, 5.74) is 12.1. The molecular formula is C54H46Br2N14+2. The van der Waals surface area contributed by atoms with E-state index in [1.807, 2.05) is 51.9 Å². The molecule has 344 valence electrons. The maximum atomic E-state index is 5.04. The van der Waals surface area contributed by atoms with Crippen LogP contribution in [-0.2, 0) is 49.9 Å². The van der Waals surface area contributed by atoms with Gasteiger partial charge in [-0.3, -0.25) is 4.98 Å². The van der Waals surface area contributed by atoms with Crippen LogP contribution in [0.25, 0.3) is 43.6 Å². The zero-order chi connectivity index (χ0) is 47.2. The van der Waals surface area contributed by atoms with E-state index in [2.05, 4.69) is 191 Å². The lowest BCUT2D eigenvalue weighted by atomic mass is 10.1. The number of halogens is 2. The molecule has 11 heterocycles. The molecule has 0 atom stereocenters. The van der Waals surface area contributed by atoms with E-state index >= 15 is 0 Å². The van der Waals surface area contributed by atoms with Crippen LogP contribution in [0.5, 0.6) is 0 Å². The first-order valence-corrected chi connectivity index (χ1v) is 25.1. The van der Waals surface area contributed by atoms with Crippen LogP contribution in [0.1, 0.15) is 45.6 Å². The molecule has 16 heteroatoms. The van der Waals surface area contributed by atoms with Crippen molar-refractivity contribution in [1.29, 1.82) is 0 Å². The molecule has 0 fully saturated rings. The van der Waals surface area contributed by atoms with Crippen LogP contribution in [0.2, 0.25) is 0 Å². The van der Waals surface area contributed by atoms with Gasteiger partial charge in [-0.15, -0.1) is 0 Å². The third-order valence-corrected chi connectivity index (χ3v) is 13.1. The molecule has 14 nitrogen and oxygen atoms in total. The maximum absolute atomic E-state index is 5.04. The number of rotatable bonds is 6. The number of benzene rings is 2. The van der Waals surface area contributed by atoms with E-state index in [9.17, 15) is 0 Å². The van der Waals surface area contributed by atoms with Crippen molar-refractivity contribution in [1.82, 2.24) is 58.1 Å². The molecule has 0 N–H and O–H groups in total. The summed E-state index contributed by atoms with van der Waals surface area (Å²) in [4.78, 5) is 37.0. The average molecular weight is 1050 g/mol. The van der Waals surface area contributed by atoms with Crippen LogP contribution in [0.15, 0.2) is 184 Å². The lowest BCUT2D eigenvalue weighted by Gasteiger charge is -2.06. The van der Waals surface area contributed by atoms with Crippen molar-refractivity contribution in [3.8, 4) is 0 Å². The van der Waals surface area contributed by atoms with Crippen molar-refractivity contribution < 1.29 is 9.13 Å². The molecule has 12 aromatic rings. The Bertz CT molecular complexity index is 3500. The van der Waals surface area contributed by atoms with Crippen LogP contribution in [-0.4, -0.2) is 58.1 Å².